The molecule has 8 nitrogen and oxygen atoms in total. The number of rotatable bonds is 2. The molecule has 0 radical (unpaired) electrons. The predicted octanol–water partition coefficient (Wildman–Crippen LogP) is -0.968. The summed E-state index contributed by atoms with van der Waals surface area (Å²) in [5.41, 5.74) is -0.302. The quantitative estimate of drug-likeness (QED) is 0.616. The maximum atomic E-state index is 11.5. The van der Waals surface area contributed by atoms with Gasteiger partial charge in [0.15, 0.2) is 11.2 Å². The molecule has 17 heavy (non-hydrogen) atoms. The molecule has 2 heterocycles. The van der Waals surface area contributed by atoms with Gasteiger partial charge in [-0.25, -0.2) is 9.97 Å². The lowest BCUT2D eigenvalue weighted by Gasteiger charge is -2.05. The van der Waals surface area contributed by atoms with Crippen molar-refractivity contribution in [2.45, 2.75) is 13.0 Å². The van der Waals surface area contributed by atoms with Crippen LogP contribution in [-0.4, -0.2) is 37.1 Å². The van der Waals surface area contributed by atoms with E-state index in [1.807, 2.05) is 0 Å². The smallest absolute Gasteiger partial charge is 0.280 e. The van der Waals surface area contributed by atoms with Gasteiger partial charge in [0, 0.05) is 12.4 Å². The van der Waals surface area contributed by atoms with Gasteiger partial charge in [0.2, 0.25) is 5.95 Å². The zero-order valence-corrected chi connectivity index (χ0v) is 8.84. The molecule has 3 N–H and O–H groups in total. The Kier molecular flexibility index (Phi) is 2.79. The molecule has 0 aliphatic heterocycles. The van der Waals surface area contributed by atoms with Gasteiger partial charge in [0.05, 0.1) is 0 Å². The number of carbonyl (C=O) groups is 1. The number of fused-ring (bicyclic) bond motifs is 1. The molecule has 0 fully saturated rings. The van der Waals surface area contributed by atoms with Gasteiger partial charge in [-0.05, 0) is 6.92 Å². The molecule has 2 aromatic heterocycles. The van der Waals surface area contributed by atoms with Crippen LogP contribution in [0.3, 0.4) is 0 Å². The highest BCUT2D eigenvalue weighted by Gasteiger charge is 2.12. The first-order valence-electron chi connectivity index (χ1n) is 4.78. The number of aromatic amines is 1. The van der Waals surface area contributed by atoms with Crippen LogP contribution in [0.25, 0.3) is 11.2 Å². The fraction of sp³-hybridized carbons (Fsp3) is 0.222. The molecule has 1 amide bonds. The third-order valence-electron chi connectivity index (χ3n) is 1.96. The van der Waals surface area contributed by atoms with Crippen LogP contribution >= 0.6 is 0 Å². The van der Waals surface area contributed by atoms with Crippen LogP contribution in [-0.2, 0) is 4.79 Å². The third-order valence-corrected chi connectivity index (χ3v) is 1.96. The molecular formula is C9H9N5O3. The van der Waals surface area contributed by atoms with Crippen LogP contribution in [0.5, 0.6) is 0 Å². The standard InChI is InChI=1S/C9H9N5O3/c1-4(15)7(16)13-9-12-6-5(8(17)14-9)10-2-3-11-6/h2-4,15H,1H3,(H2,11,12,13,14,16,17). The highest BCUT2D eigenvalue weighted by atomic mass is 16.3. The van der Waals surface area contributed by atoms with Crippen LogP contribution in [0.2, 0.25) is 0 Å². The Morgan fingerprint density at radius 1 is 1.47 bits per heavy atom. The summed E-state index contributed by atoms with van der Waals surface area (Å²) in [4.78, 5) is 36.6. The number of aromatic nitrogens is 4. The van der Waals surface area contributed by atoms with Crippen molar-refractivity contribution in [2.75, 3.05) is 5.32 Å². The molecule has 1 unspecified atom stereocenters. The van der Waals surface area contributed by atoms with Crippen LogP contribution < -0.4 is 10.9 Å². The number of hydrogen-bond donors (Lipinski definition) is 3. The molecule has 1 atom stereocenters. The molecule has 88 valence electrons. The van der Waals surface area contributed by atoms with Crippen LogP contribution in [0.4, 0.5) is 5.95 Å². The minimum atomic E-state index is -1.20. The van der Waals surface area contributed by atoms with Gasteiger partial charge < -0.3 is 5.11 Å². The first kappa shape index (κ1) is 11.1. The molecule has 0 aromatic carbocycles. The molecule has 0 saturated carbocycles. The minimum Gasteiger partial charge on any atom is -0.384 e. The minimum absolute atomic E-state index is 0.0751. The zero-order chi connectivity index (χ0) is 12.4. The molecule has 0 aliphatic carbocycles. The molecular weight excluding hydrogens is 226 g/mol. The van der Waals surface area contributed by atoms with Gasteiger partial charge in [-0.2, -0.15) is 4.98 Å². The van der Waals surface area contributed by atoms with E-state index in [-0.39, 0.29) is 17.1 Å². The molecule has 2 aromatic rings. The van der Waals surface area contributed by atoms with Gasteiger partial charge >= 0.3 is 0 Å². The van der Waals surface area contributed by atoms with E-state index in [4.69, 9.17) is 5.11 Å². The lowest BCUT2D eigenvalue weighted by molar-refractivity contribution is -0.123. The number of nitrogens with zero attached hydrogens (tertiary/aromatic N) is 3. The first-order valence-corrected chi connectivity index (χ1v) is 4.78. The first-order chi connectivity index (χ1) is 8.08. The van der Waals surface area contributed by atoms with Gasteiger partial charge in [-0.1, -0.05) is 0 Å². The Balaban J connectivity index is 2.44. The second-order valence-electron chi connectivity index (χ2n) is 3.31. The molecule has 2 rings (SSSR count). The van der Waals surface area contributed by atoms with E-state index in [1.54, 1.807) is 0 Å². The third kappa shape index (κ3) is 2.26. The molecule has 0 bridgehead atoms. The molecule has 8 heteroatoms. The van der Waals surface area contributed by atoms with E-state index in [9.17, 15) is 9.59 Å². The topological polar surface area (TPSA) is 121 Å². The van der Waals surface area contributed by atoms with Crippen molar-refractivity contribution in [3.05, 3.63) is 22.7 Å². The lowest BCUT2D eigenvalue weighted by atomic mass is 10.4. The van der Waals surface area contributed by atoms with Crippen molar-refractivity contribution >= 4 is 23.0 Å². The Hall–Kier alpha value is -2.35. The Labute approximate surface area is 94.8 Å². The summed E-state index contributed by atoms with van der Waals surface area (Å²) < 4.78 is 0. The van der Waals surface area contributed by atoms with E-state index in [0.717, 1.165) is 0 Å². The SMILES string of the molecule is CC(O)C(=O)Nc1nc2nccnc2c(=O)[nH]1. The molecule has 0 spiro atoms. The summed E-state index contributed by atoms with van der Waals surface area (Å²) >= 11 is 0. The fourth-order valence-corrected chi connectivity index (χ4v) is 1.15. The number of nitrogens with one attached hydrogen (secondary N) is 2. The summed E-state index contributed by atoms with van der Waals surface area (Å²) in [5, 5.41) is 11.3. The number of aliphatic hydroxyl groups is 1. The Morgan fingerprint density at radius 2 is 2.18 bits per heavy atom. The van der Waals surface area contributed by atoms with Crippen LogP contribution in [0.15, 0.2) is 17.2 Å². The maximum Gasteiger partial charge on any atom is 0.280 e. The van der Waals surface area contributed by atoms with Crippen molar-refractivity contribution in [3.8, 4) is 0 Å². The van der Waals surface area contributed by atoms with Crippen molar-refractivity contribution in [2.24, 2.45) is 0 Å². The Bertz CT molecular complexity index is 621. The average Bonchev–Trinajstić information content (AvgIpc) is 2.29. The van der Waals surface area contributed by atoms with Crippen LogP contribution in [0, 0.1) is 0 Å². The van der Waals surface area contributed by atoms with E-state index in [1.165, 1.54) is 19.3 Å². The summed E-state index contributed by atoms with van der Waals surface area (Å²) in [6.45, 7) is 1.30. The molecule has 0 saturated heterocycles. The van der Waals surface area contributed by atoms with E-state index >= 15 is 0 Å². The average molecular weight is 235 g/mol. The lowest BCUT2D eigenvalue weighted by Crippen LogP contribution is -2.27. The predicted molar refractivity (Wildman–Crippen MR) is 58.3 cm³/mol. The summed E-state index contributed by atoms with van der Waals surface area (Å²) in [6.07, 6.45) is 1.56. The normalized spacial score (nSPS) is 12.4. The van der Waals surface area contributed by atoms with E-state index in [2.05, 4.69) is 25.3 Å². The molecule has 0 aliphatic rings. The van der Waals surface area contributed by atoms with E-state index < -0.39 is 17.6 Å². The van der Waals surface area contributed by atoms with Gasteiger partial charge in [-0.15, -0.1) is 0 Å². The number of aliphatic hydroxyl groups excluding tert-OH is 1. The zero-order valence-electron chi connectivity index (χ0n) is 8.84. The number of hydrogen-bond acceptors (Lipinski definition) is 6. The van der Waals surface area contributed by atoms with Gasteiger partial charge in [0.25, 0.3) is 11.5 Å². The van der Waals surface area contributed by atoms with Crippen molar-refractivity contribution in [3.63, 3.8) is 0 Å². The fourth-order valence-electron chi connectivity index (χ4n) is 1.15. The Morgan fingerprint density at radius 3 is 2.88 bits per heavy atom. The largest absolute Gasteiger partial charge is 0.384 e. The van der Waals surface area contributed by atoms with Crippen molar-refractivity contribution < 1.29 is 9.90 Å². The van der Waals surface area contributed by atoms with E-state index in [0.29, 0.717) is 0 Å². The van der Waals surface area contributed by atoms with Crippen molar-refractivity contribution in [1.82, 2.24) is 19.9 Å². The summed E-state index contributed by atoms with van der Waals surface area (Å²) in [7, 11) is 0. The second-order valence-corrected chi connectivity index (χ2v) is 3.31. The van der Waals surface area contributed by atoms with Crippen LogP contribution in [0.1, 0.15) is 6.92 Å². The van der Waals surface area contributed by atoms with Gasteiger partial charge in [0.1, 0.15) is 6.10 Å². The van der Waals surface area contributed by atoms with Gasteiger partial charge in [-0.3, -0.25) is 19.9 Å². The number of H-pyrrole nitrogens is 1. The summed E-state index contributed by atoms with van der Waals surface area (Å²) in [5.74, 6) is -0.745. The van der Waals surface area contributed by atoms with Crippen molar-refractivity contribution in [1.29, 1.82) is 0 Å². The second kappa shape index (κ2) is 4.26. The number of amides is 1. The summed E-state index contributed by atoms with van der Waals surface area (Å²) in [6, 6.07) is 0. The number of anilines is 1. The highest BCUT2D eigenvalue weighted by Crippen LogP contribution is 2.02. The number of carbonyl (C=O) groups excluding carboxylic acids is 1. The monoisotopic (exact) mass is 235 g/mol. The highest BCUT2D eigenvalue weighted by molar-refractivity contribution is 5.92. The maximum absolute atomic E-state index is 11.5.